The molecule has 1 aromatic heterocycles. The molecule has 2 atom stereocenters. The van der Waals surface area contributed by atoms with E-state index in [2.05, 4.69) is 46.8 Å². The Labute approximate surface area is 94.0 Å². The van der Waals surface area contributed by atoms with Gasteiger partial charge in [-0.2, -0.15) is 5.10 Å². The fraction of sp³-hybridized carbons (Fsp3) is 0.800. The number of aryl methyl sites for hydroxylation is 1. The molecular formula is C10H18BrN3. The third kappa shape index (κ3) is 3.08. The zero-order chi connectivity index (χ0) is 10.6. The second kappa shape index (κ2) is 5.49. The summed E-state index contributed by atoms with van der Waals surface area (Å²) in [5.74, 6) is 1.69. The van der Waals surface area contributed by atoms with Crippen LogP contribution >= 0.6 is 15.9 Å². The van der Waals surface area contributed by atoms with E-state index >= 15 is 0 Å². The van der Waals surface area contributed by atoms with Crippen molar-refractivity contribution in [3.8, 4) is 0 Å². The minimum atomic E-state index is 0.522. The van der Waals surface area contributed by atoms with Gasteiger partial charge in [0.25, 0.3) is 0 Å². The van der Waals surface area contributed by atoms with E-state index in [9.17, 15) is 0 Å². The van der Waals surface area contributed by atoms with E-state index in [1.165, 1.54) is 0 Å². The van der Waals surface area contributed by atoms with Crippen LogP contribution in [0.3, 0.4) is 0 Å². The topological polar surface area (TPSA) is 30.7 Å². The summed E-state index contributed by atoms with van der Waals surface area (Å²) in [5, 5.41) is 4.21. The molecule has 0 spiro atoms. The lowest BCUT2D eigenvalue weighted by Gasteiger charge is -2.13. The molecule has 0 radical (unpaired) electrons. The second-order valence-electron chi connectivity index (χ2n) is 3.76. The average Bonchev–Trinajstić information content (AvgIpc) is 2.53. The maximum atomic E-state index is 4.29. The van der Waals surface area contributed by atoms with Crippen molar-refractivity contribution < 1.29 is 0 Å². The molecule has 0 saturated heterocycles. The average molecular weight is 260 g/mol. The summed E-state index contributed by atoms with van der Waals surface area (Å²) >= 11 is 3.59. The van der Waals surface area contributed by atoms with Crippen LogP contribution in [-0.2, 0) is 13.0 Å². The number of aromatic nitrogens is 3. The third-order valence-electron chi connectivity index (χ3n) is 2.42. The van der Waals surface area contributed by atoms with Crippen LogP contribution in [0.5, 0.6) is 0 Å². The van der Waals surface area contributed by atoms with Gasteiger partial charge in [0, 0.05) is 17.8 Å². The molecule has 0 fully saturated rings. The summed E-state index contributed by atoms with van der Waals surface area (Å²) in [6.07, 6.45) is 3.75. The molecule has 1 heterocycles. The van der Waals surface area contributed by atoms with Gasteiger partial charge in [-0.15, -0.1) is 0 Å². The van der Waals surface area contributed by atoms with Crippen LogP contribution in [-0.4, -0.2) is 19.6 Å². The Morgan fingerprint density at radius 2 is 2.21 bits per heavy atom. The summed E-state index contributed by atoms with van der Waals surface area (Å²) < 4.78 is 2.01. The van der Waals surface area contributed by atoms with E-state index in [0.29, 0.717) is 10.7 Å². The lowest BCUT2D eigenvalue weighted by Crippen LogP contribution is -2.14. The number of nitrogens with zero attached hydrogens (tertiary/aromatic N) is 3. The predicted molar refractivity (Wildman–Crippen MR) is 61.6 cm³/mol. The van der Waals surface area contributed by atoms with Gasteiger partial charge in [0.05, 0.1) is 0 Å². The third-order valence-corrected chi connectivity index (χ3v) is 3.32. The maximum absolute atomic E-state index is 4.29. The highest BCUT2D eigenvalue weighted by Crippen LogP contribution is 2.16. The molecule has 0 N–H and O–H groups in total. The highest BCUT2D eigenvalue weighted by molar-refractivity contribution is 9.09. The molecule has 2 unspecified atom stereocenters. The van der Waals surface area contributed by atoms with Crippen LogP contribution in [0.25, 0.3) is 0 Å². The molecule has 4 heteroatoms. The number of halogens is 1. The monoisotopic (exact) mass is 259 g/mol. The predicted octanol–water partition coefficient (Wildman–Crippen LogP) is 2.65. The Hall–Kier alpha value is -0.380. The minimum absolute atomic E-state index is 0.522. The van der Waals surface area contributed by atoms with E-state index in [0.717, 1.165) is 25.2 Å². The van der Waals surface area contributed by atoms with E-state index in [4.69, 9.17) is 0 Å². The Kier molecular flexibility index (Phi) is 4.58. The first kappa shape index (κ1) is 11.7. The summed E-state index contributed by atoms with van der Waals surface area (Å²) in [6, 6.07) is 0. The molecule has 3 nitrogen and oxygen atoms in total. The fourth-order valence-electron chi connectivity index (χ4n) is 1.30. The standard InChI is InChI=1S/C10H18BrN3/c1-4-5-14-10(12-7-13-14)6-8(2)9(3)11/h7-9H,4-6H2,1-3H3. The highest BCUT2D eigenvalue weighted by Gasteiger charge is 2.13. The highest BCUT2D eigenvalue weighted by atomic mass is 79.9. The van der Waals surface area contributed by atoms with Crippen LogP contribution in [0.2, 0.25) is 0 Å². The van der Waals surface area contributed by atoms with Crippen LogP contribution < -0.4 is 0 Å². The molecule has 0 aliphatic heterocycles. The molecule has 0 aliphatic rings. The van der Waals surface area contributed by atoms with Crippen molar-refractivity contribution in [1.29, 1.82) is 0 Å². The summed E-state index contributed by atoms with van der Waals surface area (Å²) in [4.78, 5) is 4.81. The normalized spacial score (nSPS) is 15.4. The summed E-state index contributed by atoms with van der Waals surface area (Å²) in [6.45, 7) is 7.52. The van der Waals surface area contributed by atoms with E-state index in [-0.39, 0.29) is 0 Å². The van der Waals surface area contributed by atoms with Gasteiger partial charge in [-0.1, -0.05) is 36.7 Å². The smallest absolute Gasteiger partial charge is 0.138 e. The Morgan fingerprint density at radius 3 is 2.79 bits per heavy atom. The lowest BCUT2D eigenvalue weighted by atomic mass is 10.1. The van der Waals surface area contributed by atoms with E-state index < -0.39 is 0 Å². The van der Waals surface area contributed by atoms with Crippen LogP contribution in [0.1, 0.15) is 33.0 Å². The Bertz CT molecular complexity index is 270. The molecule has 0 aromatic carbocycles. The molecule has 0 amide bonds. The molecule has 1 rings (SSSR count). The SMILES string of the molecule is CCCn1ncnc1CC(C)C(C)Br. The van der Waals surface area contributed by atoms with Crippen LogP contribution in [0.4, 0.5) is 0 Å². The maximum Gasteiger partial charge on any atom is 0.138 e. The number of alkyl halides is 1. The van der Waals surface area contributed by atoms with Crippen molar-refractivity contribution in [2.24, 2.45) is 5.92 Å². The van der Waals surface area contributed by atoms with Crippen molar-refractivity contribution in [3.05, 3.63) is 12.2 Å². The second-order valence-corrected chi connectivity index (χ2v) is 5.20. The fourth-order valence-corrected chi connectivity index (χ4v) is 1.48. The van der Waals surface area contributed by atoms with Gasteiger partial charge in [0.1, 0.15) is 12.2 Å². The molecule has 14 heavy (non-hydrogen) atoms. The lowest BCUT2D eigenvalue weighted by molar-refractivity contribution is 0.507. The van der Waals surface area contributed by atoms with E-state index in [1.807, 2.05) is 4.68 Å². The van der Waals surface area contributed by atoms with Gasteiger partial charge in [0.2, 0.25) is 0 Å². The van der Waals surface area contributed by atoms with Gasteiger partial charge >= 0.3 is 0 Å². The first-order chi connectivity index (χ1) is 6.65. The molecule has 0 saturated carbocycles. The first-order valence-corrected chi connectivity index (χ1v) is 6.07. The molecule has 80 valence electrons. The van der Waals surface area contributed by atoms with Crippen molar-refractivity contribution in [1.82, 2.24) is 14.8 Å². The van der Waals surface area contributed by atoms with Gasteiger partial charge in [-0.05, 0) is 12.3 Å². The number of hydrogen-bond donors (Lipinski definition) is 0. The van der Waals surface area contributed by atoms with E-state index in [1.54, 1.807) is 6.33 Å². The van der Waals surface area contributed by atoms with Crippen molar-refractivity contribution in [2.45, 2.75) is 45.0 Å². The summed E-state index contributed by atoms with van der Waals surface area (Å²) in [5.41, 5.74) is 0. The Balaban J connectivity index is 2.61. The van der Waals surface area contributed by atoms with Crippen LogP contribution in [0.15, 0.2) is 6.33 Å². The Morgan fingerprint density at radius 1 is 1.50 bits per heavy atom. The van der Waals surface area contributed by atoms with Crippen molar-refractivity contribution >= 4 is 15.9 Å². The quantitative estimate of drug-likeness (QED) is 0.762. The summed E-state index contributed by atoms with van der Waals surface area (Å²) in [7, 11) is 0. The van der Waals surface area contributed by atoms with Crippen LogP contribution in [0, 0.1) is 5.92 Å². The van der Waals surface area contributed by atoms with Gasteiger partial charge < -0.3 is 0 Å². The van der Waals surface area contributed by atoms with Crippen molar-refractivity contribution in [3.63, 3.8) is 0 Å². The van der Waals surface area contributed by atoms with Gasteiger partial charge in [-0.3, -0.25) is 4.68 Å². The molecule has 0 bridgehead atoms. The number of hydrogen-bond acceptors (Lipinski definition) is 2. The first-order valence-electron chi connectivity index (χ1n) is 5.15. The molecule has 1 aromatic rings. The largest absolute Gasteiger partial charge is 0.250 e. The van der Waals surface area contributed by atoms with Gasteiger partial charge in [-0.25, -0.2) is 4.98 Å². The van der Waals surface area contributed by atoms with Gasteiger partial charge in [0.15, 0.2) is 0 Å². The minimum Gasteiger partial charge on any atom is -0.250 e. The zero-order valence-electron chi connectivity index (χ0n) is 9.07. The molecule has 0 aliphatic carbocycles. The van der Waals surface area contributed by atoms with Crippen molar-refractivity contribution in [2.75, 3.05) is 0 Å². The molecular weight excluding hydrogens is 242 g/mol. The zero-order valence-corrected chi connectivity index (χ0v) is 10.7. The number of rotatable bonds is 5.